The highest BCUT2D eigenvalue weighted by Crippen LogP contribution is 2.17. The van der Waals surface area contributed by atoms with Crippen LogP contribution in [0.25, 0.3) is 0 Å². The number of carbonyl (C=O) groups excluding carboxylic acids is 1. The van der Waals surface area contributed by atoms with Crippen molar-refractivity contribution in [3.05, 3.63) is 41.6 Å². The minimum absolute atomic E-state index is 0.213. The van der Waals surface area contributed by atoms with E-state index in [4.69, 9.17) is 0 Å². The van der Waals surface area contributed by atoms with Crippen molar-refractivity contribution in [3.8, 4) is 0 Å². The minimum Gasteiger partial charge on any atom is -0.353 e. The summed E-state index contributed by atoms with van der Waals surface area (Å²) in [5, 5.41) is 3.13. The van der Waals surface area contributed by atoms with Crippen molar-refractivity contribution < 1.29 is 4.79 Å². The summed E-state index contributed by atoms with van der Waals surface area (Å²) >= 11 is 0. The van der Waals surface area contributed by atoms with Crippen LogP contribution in [-0.4, -0.2) is 5.78 Å². The molecule has 2 rings (SSSR count). The maximum absolute atomic E-state index is 11.3. The lowest BCUT2D eigenvalue weighted by Crippen LogP contribution is -2.06. The molecule has 0 fully saturated rings. The van der Waals surface area contributed by atoms with Crippen LogP contribution < -0.4 is 5.32 Å². The number of hydrogen-bond donors (Lipinski definition) is 1. The van der Waals surface area contributed by atoms with Gasteiger partial charge in [0.25, 0.3) is 0 Å². The summed E-state index contributed by atoms with van der Waals surface area (Å²) in [6, 6.07) is 8.04. The summed E-state index contributed by atoms with van der Waals surface area (Å²) in [5.74, 6) is 0.213. The van der Waals surface area contributed by atoms with Gasteiger partial charge in [0.15, 0.2) is 5.78 Å². The van der Waals surface area contributed by atoms with Crippen molar-refractivity contribution >= 4 is 11.5 Å². The summed E-state index contributed by atoms with van der Waals surface area (Å²) in [6.07, 6.45) is 3.48. The van der Waals surface area contributed by atoms with E-state index < -0.39 is 0 Å². The first-order valence-electron chi connectivity index (χ1n) is 4.83. The molecule has 1 aromatic carbocycles. The summed E-state index contributed by atoms with van der Waals surface area (Å²) in [6.45, 7) is 2.05. The van der Waals surface area contributed by atoms with Crippen molar-refractivity contribution in [3.63, 3.8) is 0 Å². The first kappa shape index (κ1) is 9.00. The van der Waals surface area contributed by atoms with E-state index in [0.29, 0.717) is 6.42 Å². The molecule has 0 amide bonds. The lowest BCUT2D eigenvalue weighted by Gasteiger charge is -2.05. The zero-order chi connectivity index (χ0) is 9.97. The van der Waals surface area contributed by atoms with Gasteiger partial charge in [-0.25, -0.2) is 0 Å². The summed E-state index contributed by atoms with van der Waals surface area (Å²) < 4.78 is 0. The van der Waals surface area contributed by atoms with Gasteiger partial charge < -0.3 is 5.32 Å². The molecule has 0 saturated carbocycles. The smallest absolute Gasteiger partial charge is 0.178 e. The van der Waals surface area contributed by atoms with E-state index in [1.807, 2.05) is 37.3 Å². The van der Waals surface area contributed by atoms with Crippen molar-refractivity contribution in [1.29, 1.82) is 0 Å². The highest BCUT2D eigenvalue weighted by atomic mass is 16.1. The van der Waals surface area contributed by atoms with Gasteiger partial charge in [-0.05, 0) is 25.5 Å². The second-order valence-electron chi connectivity index (χ2n) is 3.57. The Morgan fingerprint density at radius 2 is 1.93 bits per heavy atom. The van der Waals surface area contributed by atoms with E-state index in [2.05, 4.69) is 5.32 Å². The lowest BCUT2D eigenvalue weighted by atomic mass is 10.2. The van der Waals surface area contributed by atoms with E-state index in [9.17, 15) is 4.79 Å². The molecule has 0 unspecified atom stereocenters. The van der Waals surface area contributed by atoms with Gasteiger partial charge in [0, 0.05) is 12.1 Å². The van der Waals surface area contributed by atoms with Crippen LogP contribution in [0, 0.1) is 6.92 Å². The van der Waals surface area contributed by atoms with Gasteiger partial charge in [0.2, 0.25) is 0 Å². The molecule has 0 bridgehead atoms. The molecule has 1 N–H and O–H groups in total. The van der Waals surface area contributed by atoms with Crippen LogP contribution in [0.3, 0.4) is 0 Å². The predicted octanol–water partition coefficient (Wildman–Crippen LogP) is 2.65. The third-order valence-corrected chi connectivity index (χ3v) is 2.35. The zero-order valence-corrected chi connectivity index (χ0v) is 8.21. The van der Waals surface area contributed by atoms with Crippen LogP contribution in [-0.2, 0) is 4.79 Å². The Bertz CT molecular complexity index is 376. The maximum Gasteiger partial charge on any atom is 0.178 e. The Morgan fingerprint density at radius 1 is 1.21 bits per heavy atom. The summed E-state index contributed by atoms with van der Waals surface area (Å²) in [5.41, 5.74) is 2.95. The Kier molecular flexibility index (Phi) is 2.35. The number of Topliss-reactive ketones (excluding diaryl/α,β-unsaturated/α-hetero) is 1. The van der Waals surface area contributed by atoms with E-state index in [1.54, 1.807) is 0 Å². The summed E-state index contributed by atoms with van der Waals surface area (Å²) in [7, 11) is 0. The molecule has 1 aliphatic carbocycles. The molecule has 0 radical (unpaired) electrons. The molecule has 1 aromatic rings. The van der Waals surface area contributed by atoms with Crippen LogP contribution in [0.15, 0.2) is 36.0 Å². The number of carbonyl (C=O) groups is 1. The van der Waals surface area contributed by atoms with Gasteiger partial charge in [-0.3, -0.25) is 4.79 Å². The molecular formula is C12H13NO. The second-order valence-corrected chi connectivity index (χ2v) is 3.57. The number of rotatable bonds is 2. The van der Waals surface area contributed by atoms with Gasteiger partial charge in [0.1, 0.15) is 0 Å². The van der Waals surface area contributed by atoms with E-state index in [0.717, 1.165) is 17.8 Å². The minimum atomic E-state index is 0.213. The van der Waals surface area contributed by atoms with Gasteiger partial charge in [-0.15, -0.1) is 0 Å². The van der Waals surface area contributed by atoms with Gasteiger partial charge in [-0.2, -0.15) is 0 Å². The predicted molar refractivity (Wildman–Crippen MR) is 57.1 cm³/mol. The van der Waals surface area contributed by atoms with Gasteiger partial charge in [0.05, 0.1) is 5.70 Å². The molecule has 72 valence electrons. The third-order valence-electron chi connectivity index (χ3n) is 2.35. The van der Waals surface area contributed by atoms with Crippen LogP contribution in [0.1, 0.15) is 18.4 Å². The number of nitrogens with one attached hydrogen (secondary N) is 1. The van der Waals surface area contributed by atoms with Crippen molar-refractivity contribution in [2.24, 2.45) is 0 Å². The van der Waals surface area contributed by atoms with E-state index in [-0.39, 0.29) is 5.78 Å². The SMILES string of the molecule is Cc1ccc(NC2=CCCC2=O)cc1. The van der Waals surface area contributed by atoms with E-state index >= 15 is 0 Å². The summed E-state index contributed by atoms with van der Waals surface area (Å²) in [4.78, 5) is 11.3. The van der Waals surface area contributed by atoms with Crippen LogP contribution in [0.4, 0.5) is 5.69 Å². The average molecular weight is 187 g/mol. The number of hydrogen-bond acceptors (Lipinski definition) is 2. The molecule has 0 heterocycles. The number of aryl methyl sites for hydroxylation is 1. The fraction of sp³-hybridized carbons (Fsp3) is 0.250. The Morgan fingerprint density at radius 3 is 2.50 bits per heavy atom. The second kappa shape index (κ2) is 3.66. The number of anilines is 1. The standard InChI is InChI=1S/C12H13NO/c1-9-5-7-10(8-6-9)13-11-3-2-4-12(11)14/h3,5-8,13H,2,4H2,1H3. The Hall–Kier alpha value is -1.57. The quantitative estimate of drug-likeness (QED) is 0.771. The molecule has 0 spiro atoms. The maximum atomic E-state index is 11.3. The van der Waals surface area contributed by atoms with Crippen molar-refractivity contribution in [1.82, 2.24) is 0 Å². The highest BCUT2D eigenvalue weighted by molar-refractivity contribution is 6.00. The number of allylic oxidation sites excluding steroid dienone is 2. The Balaban J connectivity index is 2.11. The average Bonchev–Trinajstić information content (AvgIpc) is 2.56. The van der Waals surface area contributed by atoms with Gasteiger partial charge in [-0.1, -0.05) is 23.8 Å². The van der Waals surface area contributed by atoms with Gasteiger partial charge >= 0.3 is 0 Å². The molecule has 0 saturated heterocycles. The number of ketones is 1. The molecule has 0 aliphatic heterocycles. The molecule has 2 heteroatoms. The fourth-order valence-corrected chi connectivity index (χ4v) is 1.51. The topological polar surface area (TPSA) is 29.1 Å². The molecule has 14 heavy (non-hydrogen) atoms. The van der Waals surface area contributed by atoms with Crippen LogP contribution in [0.5, 0.6) is 0 Å². The lowest BCUT2D eigenvalue weighted by molar-refractivity contribution is -0.114. The van der Waals surface area contributed by atoms with Crippen LogP contribution in [0.2, 0.25) is 0 Å². The monoisotopic (exact) mass is 187 g/mol. The molecule has 1 aliphatic rings. The first-order chi connectivity index (χ1) is 6.75. The van der Waals surface area contributed by atoms with Crippen LogP contribution >= 0.6 is 0 Å². The fourth-order valence-electron chi connectivity index (χ4n) is 1.51. The van der Waals surface area contributed by atoms with E-state index in [1.165, 1.54) is 5.56 Å². The van der Waals surface area contributed by atoms with Crippen molar-refractivity contribution in [2.45, 2.75) is 19.8 Å². The molecular weight excluding hydrogens is 174 g/mol. The normalized spacial score (nSPS) is 15.5. The highest BCUT2D eigenvalue weighted by Gasteiger charge is 2.14. The third kappa shape index (κ3) is 1.84. The first-order valence-corrected chi connectivity index (χ1v) is 4.83. The zero-order valence-electron chi connectivity index (χ0n) is 8.21. The Labute approximate surface area is 83.6 Å². The molecule has 0 aromatic heterocycles. The van der Waals surface area contributed by atoms with Crippen molar-refractivity contribution in [2.75, 3.05) is 5.32 Å². The molecule has 0 atom stereocenters. The number of benzene rings is 1. The molecule has 2 nitrogen and oxygen atoms in total. The largest absolute Gasteiger partial charge is 0.353 e.